The lowest BCUT2D eigenvalue weighted by molar-refractivity contribution is 0.813. The smallest absolute Gasteiger partial charge is 0.0617 e. The first-order valence-corrected chi connectivity index (χ1v) is 3.58. The van der Waals surface area contributed by atoms with Gasteiger partial charge in [0.1, 0.15) is 0 Å². The Balaban J connectivity index is 0.0000001000. The molecule has 0 aromatic rings. The van der Waals surface area contributed by atoms with Crippen molar-refractivity contribution in [3.63, 3.8) is 0 Å². The number of hydrogen-bond donors (Lipinski definition) is 1. The van der Waals surface area contributed by atoms with E-state index in [1.165, 1.54) is 6.42 Å². The molecule has 0 saturated carbocycles. The molecule has 2 aliphatic heterocycles. The molecular formula is C6H12N4. The van der Waals surface area contributed by atoms with Crippen LogP contribution in [0.15, 0.2) is 15.3 Å². The summed E-state index contributed by atoms with van der Waals surface area (Å²) < 4.78 is 0. The summed E-state index contributed by atoms with van der Waals surface area (Å²) in [6.07, 6.45) is 4.14. The summed E-state index contributed by atoms with van der Waals surface area (Å²) in [7, 11) is 0. The predicted molar refractivity (Wildman–Crippen MR) is 40.3 cm³/mol. The lowest BCUT2D eigenvalue weighted by Gasteiger charge is -1.76. The Bertz CT molecular complexity index is 102. The van der Waals surface area contributed by atoms with Gasteiger partial charge in [-0.2, -0.15) is 15.3 Å². The second-order valence-corrected chi connectivity index (χ2v) is 2.09. The van der Waals surface area contributed by atoms with Crippen LogP contribution in [0.2, 0.25) is 0 Å². The van der Waals surface area contributed by atoms with Crippen molar-refractivity contribution in [3.8, 4) is 0 Å². The maximum Gasteiger partial charge on any atom is 0.0617 e. The maximum atomic E-state index is 3.71. The molecule has 0 aromatic carbocycles. The molecule has 0 aliphatic carbocycles. The Morgan fingerprint density at radius 1 is 1.20 bits per heavy atom. The fourth-order valence-corrected chi connectivity index (χ4v) is 0.676. The summed E-state index contributed by atoms with van der Waals surface area (Å²) in [4.78, 5) is 0. The highest BCUT2D eigenvalue weighted by Crippen LogP contribution is 1.91. The third-order valence-electron chi connectivity index (χ3n) is 1.18. The van der Waals surface area contributed by atoms with Crippen LogP contribution in [-0.2, 0) is 0 Å². The third-order valence-corrected chi connectivity index (χ3v) is 1.18. The number of nitrogens with zero attached hydrogens (tertiary/aromatic N) is 3. The zero-order chi connectivity index (χ0) is 7.07. The molecule has 56 valence electrons. The van der Waals surface area contributed by atoms with E-state index in [0.29, 0.717) is 0 Å². The molecule has 2 heterocycles. The van der Waals surface area contributed by atoms with E-state index in [9.17, 15) is 0 Å². The molecule has 0 amide bonds. The lowest BCUT2D eigenvalue weighted by atomic mass is 10.5. The zero-order valence-electron chi connectivity index (χ0n) is 5.95. The van der Waals surface area contributed by atoms with E-state index >= 15 is 0 Å². The molecule has 0 unspecified atom stereocenters. The third kappa shape index (κ3) is 3.17. The van der Waals surface area contributed by atoms with Gasteiger partial charge in [0.05, 0.1) is 13.1 Å². The normalized spacial score (nSPS) is 20.0. The fourth-order valence-electron chi connectivity index (χ4n) is 0.676. The second kappa shape index (κ2) is 4.90. The van der Waals surface area contributed by atoms with Crippen LogP contribution in [0.1, 0.15) is 12.8 Å². The van der Waals surface area contributed by atoms with Gasteiger partial charge in [-0.15, -0.1) is 0 Å². The minimum atomic E-state index is 0.958. The highest BCUT2D eigenvalue weighted by atomic mass is 15.3. The SMILES string of the molecule is C1=NNCC1.C1CN=NC1. The van der Waals surface area contributed by atoms with Crippen molar-refractivity contribution < 1.29 is 0 Å². The number of hydrazone groups is 1. The first kappa shape index (κ1) is 7.18. The molecule has 0 aromatic heterocycles. The molecule has 0 fully saturated rings. The van der Waals surface area contributed by atoms with Gasteiger partial charge in [-0.25, -0.2) is 0 Å². The molecule has 2 rings (SSSR count). The van der Waals surface area contributed by atoms with Crippen molar-refractivity contribution in [3.05, 3.63) is 0 Å². The fraction of sp³-hybridized carbons (Fsp3) is 0.833. The van der Waals surface area contributed by atoms with Crippen molar-refractivity contribution in [1.82, 2.24) is 5.43 Å². The van der Waals surface area contributed by atoms with Crippen LogP contribution in [0.25, 0.3) is 0 Å². The average Bonchev–Trinajstić information content (AvgIpc) is 2.67. The lowest BCUT2D eigenvalue weighted by Crippen LogP contribution is -1.96. The average molecular weight is 140 g/mol. The van der Waals surface area contributed by atoms with E-state index in [1.807, 2.05) is 6.21 Å². The van der Waals surface area contributed by atoms with E-state index in [-0.39, 0.29) is 0 Å². The molecule has 0 bridgehead atoms. The van der Waals surface area contributed by atoms with Crippen molar-refractivity contribution >= 4 is 6.21 Å². The summed E-state index contributed by atoms with van der Waals surface area (Å²) in [5, 5.41) is 11.1. The molecular weight excluding hydrogens is 128 g/mol. The summed E-state index contributed by atoms with van der Waals surface area (Å²) in [5.74, 6) is 0. The van der Waals surface area contributed by atoms with Crippen LogP contribution in [0.4, 0.5) is 0 Å². The van der Waals surface area contributed by atoms with Gasteiger partial charge in [0.2, 0.25) is 0 Å². The minimum absolute atomic E-state index is 0.958. The zero-order valence-corrected chi connectivity index (χ0v) is 5.95. The van der Waals surface area contributed by atoms with Crippen molar-refractivity contribution in [2.45, 2.75) is 12.8 Å². The maximum absolute atomic E-state index is 3.71. The molecule has 0 atom stereocenters. The van der Waals surface area contributed by atoms with Gasteiger partial charge < -0.3 is 5.43 Å². The van der Waals surface area contributed by atoms with Crippen molar-refractivity contribution in [1.29, 1.82) is 0 Å². The summed E-state index contributed by atoms with van der Waals surface area (Å²) in [5.41, 5.74) is 2.79. The quantitative estimate of drug-likeness (QED) is 0.531. The minimum Gasteiger partial charge on any atom is -0.310 e. The highest BCUT2D eigenvalue weighted by molar-refractivity contribution is 5.58. The van der Waals surface area contributed by atoms with Gasteiger partial charge in [-0.05, 0) is 6.42 Å². The van der Waals surface area contributed by atoms with Crippen LogP contribution in [0.5, 0.6) is 0 Å². The highest BCUT2D eigenvalue weighted by Gasteiger charge is 1.87. The Kier molecular flexibility index (Phi) is 3.52. The van der Waals surface area contributed by atoms with Gasteiger partial charge in [0.25, 0.3) is 0 Å². The molecule has 10 heavy (non-hydrogen) atoms. The molecule has 0 spiro atoms. The van der Waals surface area contributed by atoms with Gasteiger partial charge in [-0.3, -0.25) is 0 Å². The van der Waals surface area contributed by atoms with Crippen molar-refractivity contribution in [2.75, 3.05) is 19.6 Å². The number of rotatable bonds is 0. The van der Waals surface area contributed by atoms with E-state index in [2.05, 4.69) is 20.8 Å². The molecule has 0 radical (unpaired) electrons. The Morgan fingerprint density at radius 3 is 2.20 bits per heavy atom. The first-order chi connectivity index (χ1) is 5.00. The van der Waals surface area contributed by atoms with Crippen LogP contribution >= 0.6 is 0 Å². The molecule has 0 saturated heterocycles. The standard InChI is InChI=1S/2C3H6N2/c2*1-2-4-5-3-1/h1-3H2;2,5H,1,3H2. The van der Waals surface area contributed by atoms with Gasteiger partial charge in [0, 0.05) is 19.2 Å². The Hall–Kier alpha value is -0.930. The topological polar surface area (TPSA) is 49.1 Å². The van der Waals surface area contributed by atoms with Gasteiger partial charge in [0.15, 0.2) is 0 Å². The monoisotopic (exact) mass is 140 g/mol. The number of hydrogen-bond acceptors (Lipinski definition) is 4. The first-order valence-electron chi connectivity index (χ1n) is 3.58. The van der Waals surface area contributed by atoms with E-state index in [1.54, 1.807) is 0 Å². The Labute approximate surface area is 60.4 Å². The van der Waals surface area contributed by atoms with E-state index < -0.39 is 0 Å². The molecule has 1 N–H and O–H groups in total. The summed E-state index contributed by atoms with van der Waals surface area (Å²) in [6.45, 7) is 2.94. The van der Waals surface area contributed by atoms with Crippen LogP contribution < -0.4 is 5.43 Å². The van der Waals surface area contributed by atoms with Gasteiger partial charge in [-0.1, -0.05) is 0 Å². The van der Waals surface area contributed by atoms with Crippen LogP contribution in [0.3, 0.4) is 0 Å². The van der Waals surface area contributed by atoms with E-state index in [0.717, 1.165) is 26.1 Å². The number of azo groups is 1. The summed E-state index contributed by atoms with van der Waals surface area (Å²) >= 11 is 0. The molecule has 2 aliphatic rings. The van der Waals surface area contributed by atoms with Crippen LogP contribution in [0, 0.1) is 0 Å². The predicted octanol–water partition coefficient (Wildman–Crippen LogP) is 0.808. The molecule has 4 nitrogen and oxygen atoms in total. The van der Waals surface area contributed by atoms with E-state index in [4.69, 9.17) is 0 Å². The van der Waals surface area contributed by atoms with Crippen LogP contribution in [-0.4, -0.2) is 25.8 Å². The van der Waals surface area contributed by atoms with Crippen molar-refractivity contribution in [2.24, 2.45) is 15.3 Å². The largest absolute Gasteiger partial charge is 0.310 e. The molecule has 4 heteroatoms. The summed E-state index contributed by atoms with van der Waals surface area (Å²) in [6, 6.07) is 0. The second-order valence-electron chi connectivity index (χ2n) is 2.09. The number of nitrogens with one attached hydrogen (secondary N) is 1. The Morgan fingerprint density at radius 2 is 2.00 bits per heavy atom. The van der Waals surface area contributed by atoms with Gasteiger partial charge >= 0.3 is 0 Å².